The Morgan fingerprint density at radius 2 is 2.00 bits per heavy atom. The number of aliphatic hydroxyl groups is 1. The lowest BCUT2D eigenvalue weighted by Gasteiger charge is -2.15. The first kappa shape index (κ1) is 15.4. The van der Waals surface area contributed by atoms with Gasteiger partial charge < -0.3 is 25.6 Å². The van der Waals surface area contributed by atoms with Gasteiger partial charge in [0, 0.05) is 13.7 Å². The number of methoxy groups -OCH3 is 2. The Morgan fingerprint density at radius 3 is 2.53 bits per heavy atom. The van der Waals surface area contributed by atoms with Crippen molar-refractivity contribution in [3.63, 3.8) is 0 Å². The zero-order valence-corrected chi connectivity index (χ0v) is 11.1. The summed E-state index contributed by atoms with van der Waals surface area (Å²) in [6.45, 7) is 0.243. The van der Waals surface area contributed by atoms with Crippen LogP contribution in [0, 0.1) is 0 Å². The van der Waals surface area contributed by atoms with Gasteiger partial charge in [0.1, 0.15) is 11.8 Å². The third-order valence-corrected chi connectivity index (χ3v) is 2.65. The van der Waals surface area contributed by atoms with E-state index in [1.54, 1.807) is 31.4 Å². The topological polar surface area (TPSA) is 93.8 Å². The number of nitrogens with two attached hydrogens (primary N) is 1. The van der Waals surface area contributed by atoms with Gasteiger partial charge in [0.15, 0.2) is 0 Å². The molecule has 0 fully saturated rings. The highest BCUT2D eigenvalue weighted by molar-refractivity contribution is 5.81. The van der Waals surface area contributed by atoms with Crippen molar-refractivity contribution in [2.24, 2.45) is 5.73 Å². The first-order valence-electron chi connectivity index (χ1n) is 5.92. The van der Waals surface area contributed by atoms with Crippen molar-refractivity contribution >= 4 is 5.91 Å². The van der Waals surface area contributed by atoms with Gasteiger partial charge in [0.05, 0.1) is 19.8 Å². The molecule has 0 heterocycles. The number of benzene rings is 1. The molecule has 0 saturated heterocycles. The molecule has 4 N–H and O–H groups in total. The highest BCUT2D eigenvalue weighted by Crippen LogP contribution is 2.16. The van der Waals surface area contributed by atoms with E-state index in [1.165, 1.54) is 7.11 Å². The van der Waals surface area contributed by atoms with Gasteiger partial charge in [0.2, 0.25) is 5.91 Å². The summed E-state index contributed by atoms with van der Waals surface area (Å²) in [6, 6.07) is 6.25. The second-order valence-electron chi connectivity index (χ2n) is 4.10. The first-order chi connectivity index (χ1) is 9.08. The van der Waals surface area contributed by atoms with Crippen LogP contribution in [-0.2, 0) is 9.53 Å². The number of amides is 1. The molecule has 0 bridgehead atoms. The molecule has 0 aliphatic carbocycles. The smallest absolute Gasteiger partial charge is 0.239 e. The molecule has 6 heteroatoms. The van der Waals surface area contributed by atoms with Crippen molar-refractivity contribution in [3.05, 3.63) is 29.8 Å². The molecule has 6 nitrogen and oxygen atoms in total. The fourth-order valence-electron chi connectivity index (χ4n) is 1.53. The molecule has 0 saturated carbocycles. The largest absolute Gasteiger partial charge is 0.497 e. The Bertz CT molecular complexity index is 394. The lowest BCUT2D eigenvalue weighted by Crippen LogP contribution is -2.44. The molecule has 0 spiro atoms. The fraction of sp³-hybridized carbons (Fsp3) is 0.462. The van der Waals surface area contributed by atoms with Crippen LogP contribution in [0.3, 0.4) is 0 Å². The van der Waals surface area contributed by atoms with Crippen LogP contribution in [0.4, 0.5) is 0 Å². The summed E-state index contributed by atoms with van der Waals surface area (Å²) in [5.74, 6) is 0.358. The van der Waals surface area contributed by atoms with E-state index >= 15 is 0 Å². The second kappa shape index (κ2) is 7.73. The van der Waals surface area contributed by atoms with Gasteiger partial charge in [-0.25, -0.2) is 0 Å². The fourth-order valence-corrected chi connectivity index (χ4v) is 1.53. The highest BCUT2D eigenvalue weighted by atomic mass is 16.5. The molecule has 2 atom stereocenters. The maximum absolute atomic E-state index is 11.5. The molecule has 1 aromatic carbocycles. The molecular weight excluding hydrogens is 248 g/mol. The van der Waals surface area contributed by atoms with Crippen LogP contribution >= 0.6 is 0 Å². The molecule has 1 amide bonds. The summed E-state index contributed by atoms with van der Waals surface area (Å²) in [5, 5.41) is 12.5. The Kier molecular flexibility index (Phi) is 6.27. The number of nitrogens with one attached hydrogen (secondary N) is 1. The summed E-state index contributed by atoms with van der Waals surface area (Å²) >= 11 is 0. The van der Waals surface area contributed by atoms with E-state index in [1.807, 2.05) is 0 Å². The third kappa shape index (κ3) is 4.86. The minimum absolute atomic E-state index is 0.0998. The summed E-state index contributed by atoms with van der Waals surface area (Å²) in [6.07, 6.45) is -0.787. The van der Waals surface area contributed by atoms with Crippen LogP contribution in [0.5, 0.6) is 5.75 Å². The predicted molar refractivity (Wildman–Crippen MR) is 70.8 cm³/mol. The molecule has 1 rings (SSSR count). The van der Waals surface area contributed by atoms with Crippen LogP contribution in [0.2, 0.25) is 0 Å². The zero-order valence-electron chi connectivity index (χ0n) is 11.1. The van der Waals surface area contributed by atoms with Crippen molar-refractivity contribution < 1.29 is 19.4 Å². The van der Waals surface area contributed by atoms with Gasteiger partial charge in [-0.2, -0.15) is 0 Å². The SMILES string of the molecule is COCC(N)C(=O)NCC(O)c1ccc(OC)cc1. The Morgan fingerprint density at radius 1 is 1.37 bits per heavy atom. The monoisotopic (exact) mass is 268 g/mol. The van der Waals surface area contributed by atoms with Crippen LogP contribution in [0.15, 0.2) is 24.3 Å². The average Bonchev–Trinajstić information content (AvgIpc) is 2.44. The van der Waals surface area contributed by atoms with Gasteiger partial charge in [0.25, 0.3) is 0 Å². The van der Waals surface area contributed by atoms with Gasteiger partial charge in [-0.05, 0) is 17.7 Å². The number of ether oxygens (including phenoxy) is 2. The van der Waals surface area contributed by atoms with E-state index in [9.17, 15) is 9.90 Å². The van der Waals surface area contributed by atoms with Gasteiger partial charge in [-0.15, -0.1) is 0 Å². The maximum atomic E-state index is 11.5. The van der Waals surface area contributed by atoms with Crippen LogP contribution in [-0.4, -0.2) is 44.4 Å². The molecule has 0 aromatic heterocycles. The second-order valence-corrected chi connectivity index (χ2v) is 4.10. The van der Waals surface area contributed by atoms with E-state index in [0.29, 0.717) is 11.3 Å². The van der Waals surface area contributed by atoms with E-state index in [2.05, 4.69) is 5.32 Å². The number of carbonyl (C=O) groups is 1. The summed E-state index contributed by atoms with van der Waals surface area (Å²) in [4.78, 5) is 11.5. The average molecular weight is 268 g/mol. The Balaban J connectivity index is 2.45. The van der Waals surface area contributed by atoms with Crippen molar-refractivity contribution in [2.75, 3.05) is 27.4 Å². The van der Waals surface area contributed by atoms with Crippen LogP contribution < -0.4 is 15.8 Å². The number of hydrogen-bond donors (Lipinski definition) is 3. The minimum atomic E-state index is -0.787. The predicted octanol–water partition coefficient (Wildman–Crippen LogP) is -0.181. The lowest BCUT2D eigenvalue weighted by atomic mass is 10.1. The summed E-state index contributed by atoms with van der Waals surface area (Å²) in [7, 11) is 3.04. The van der Waals surface area contributed by atoms with Crippen LogP contribution in [0.25, 0.3) is 0 Å². The van der Waals surface area contributed by atoms with Gasteiger partial charge >= 0.3 is 0 Å². The standard InChI is InChI=1S/C13H20N2O4/c1-18-8-11(14)13(17)15-7-12(16)9-3-5-10(19-2)6-4-9/h3-6,11-12,16H,7-8,14H2,1-2H3,(H,15,17). The van der Waals surface area contributed by atoms with E-state index in [-0.39, 0.29) is 19.1 Å². The minimum Gasteiger partial charge on any atom is -0.497 e. The van der Waals surface area contributed by atoms with Gasteiger partial charge in [-0.3, -0.25) is 4.79 Å². The number of hydrogen-bond acceptors (Lipinski definition) is 5. The first-order valence-corrected chi connectivity index (χ1v) is 5.92. The molecule has 19 heavy (non-hydrogen) atoms. The van der Waals surface area contributed by atoms with Crippen molar-refractivity contribution in [1.82, 2.24) is 5.32 Å². The van der Waals surface area contributed by atoms with E-state index in [4.69, 9.17) is 15.2 Å². The Labute approximate surface area is 112 Å². The van der Waals surface area contributed by atoms with Crippen LogP contribution in [0.1, 0.15) is 11.7 Å². The maximum Gasteiger partial charge on any atom is 0.239 e. The number of rotatable bonds is 7. The lowest BCUT2D eigenvalue weighted by molar-refractivity contribution is -0.123. The molecule has 2 unspecified atom stereocenters. The number of aliphatic hydroxyl groups excluding tert-OH is 1. The molecule has 1 aromatic rings. The third-order valence-electron chi connectivity index (χ3n) is 2.65. The van der Waals surface area contributed by atoms with E-state index < -0.39 is 12.1 Å². The molecular formula is C13H20N2O4. The molecule has 0 aliphatic heterocycles. The van der Waals surface area contributed by atoms with Crippen molar-refractivity contribution in [2.45, 2.75) is 12.1 Å². The van der Waals surface area contributed by atoms with E-state index in [0.717, 1.165) is 0 Å². The van der Waals surface area contributed by atoms with Crippen molar-refractivity contribution in [3.8, 4) is 5.75 Å². The normalized spacial score (nSPS) is 13.7. The van der Waals surface area contributed by atoms with Gasteiger partial charge in [-0.1, -0.05) is 12.1 Å². The molecule has 106 valence electrons. The summed E-state index contributed by atoms with van der Waals surface area (Å²) in [5.41, 5.74) is 6.25. The number of carbonyl (C=O) groups excluding carboxylic acids is 1. The summed E-state index contributed by atoms with van der Waals surface area (Å²) < 4.78 is 9.80. The highest BCUT2D eigenvalue weighted by Gasteiger charge is 2.15. The van der Waals surface area contributed by atoms with Crippen molar-refractivity contribution in [1.29, 1.82) is 0 Å². The molecule has 0 radical (unpaired) electrons. The quantitative estimate of drug-likeness (QED) is 0.637. The Hall–Kier alpha value is -1.63. The zero-order chi connectivity index (χ0) is 14.3. The molecule has 0 aliphatic rings.